The van der Waals surface area contributed by atoms with Crippen molar-refractivity contribution in [2.75, 3.05) is 0 Å². The lowest BCUT2D eigenvalue weighted by molar-refractivity contribution is -0.311. The van der Waals surface area contributed by atoms with E-state index in [1.54, 1.807) is 30.3 Å². The molecule has 0 radical (unpaired) electrons. The lowest BCUT2D eigenvalue weighted by atomic mass is 9.77. The summed E-state index contributed by atoms with van der Waals surface area (Å²) in [5, 5.41) is 20.6. The van der Waals surface area contributed by atoms with Crippen molar-refractivity contribution in [1.29, 1.82) is 0 Å². The molecule has 4 nitrogen and oxygen atoms in total. The first-order chi connectivity index (χ1) is 8.09. The van der Waals surface area contributed by atoms with Crippen LogP contribution in [0.25, 0.3) is 0 Å². The molecule has 2 rings (SSSR count). The van der Waals surface area contributed by atoms with Gasteiger partial charge in [0.25, 0.3) is 0 Å². The Hall–Kier alpha value is -2.10. The summed E-state index contributed by atoms with van der Waals surface area (Å²) >= 11 is 0. The lowest BCUT2D eigenvalue weighted by Crippen LogP contribution is -2.39. The maximum atomic E-state index is 11.4. The number of allylic oxidation sites excluding steroid dienone is 1. The molecular weight excluding hydrogens is 220 g/mol. The molecule has 1 aromatic rings. The van der Waals surface area contributed by atoms with Crippen LogP contribution in [0.5, 0.6) is 0 Å². The van der Waals surface area contributed by atoms with Gasteiger partial charge in [-0.05, 0) is 5.56 Å². The monoisotopic (exact) mass is 231 g/mol. The van der Waals surface area contributed by atoms with Crippen LogP contribution in [0.4, 0.5) is 0 Å². The Morgan fingerprint density at radius 2 is 1.94 bits per heavy atom. The van der Waals surface area contributed by atoms with Crippen molar-refractivity contribution in [1.82, 2.24) is 0 Å². The Morgan fingerprint density at radius 1 is 1.29 bits per heavy atom. The van der Waals surface area contributed by atoms with Crippen molar-refractivity contribution in [3.05, 3.63) is 47.7 Å². The third-order valence-corrected chi connectivity index (χ3v) is 2.93. The molecule has 2 atom stereocenters. The number of carboxylic acid groups (broad SMARTS) is 1. The summed E-state index contributed by atoms with van der Waals surface area (Å²) in [7, 11) is 0. The van der Waals surface area contributed by atoms with Gasteiger partial charge in [-0.15, -0.1) is 0 Å². The third-order valence-electron chi connectivity index (χ3n) is 2.93. The lowest BCUT2D eigenvalue weighted by Gasteiger charge is -2.30. The smallest absolute Gasteiger partial charge is 0.159 e. The highest BCUT2D eigenvalue weighted by Gasteiger charge is 2.33. The SMILES string of the molecule is O=C1C=C(O)[C@H](C(=O)[O-])[C@H](c2ccccc2)C1. The van der Waals surface area contributed by atoms with Crippen LogP contribution in [0, 0.1) is 5.92 Å². The molecule has 4 heteroatoms. The largest absolute Gasteiger partial charge is 0.549 e. The van der Waals surface area contributed by atoms with E-state index in [4.69, 9.17) is 0 Å². The van der Waals surface area contributed by atoms with Crippen molar-refractivity contribution in [3.8, 4) is 0 Å². The van der Waals surface area contributed by atoms with Crippen LogP contribution in [0.3, 0.4) is 0 Å². The molecular formula is C13H11O4-. The number of aliphatic hydroxyl groups excluding tert-OH is 1. The molecule has 1 aromatic carbocycles. The average Bonchev–Trinajstić information content (AvgIpc) is 2.28. The van der Waals surface area contributed by atoms with E-state index >= 15 is 0 Å². The minimum absolute atomic E-state index is 0.0761. The molecule has 0 heterocycles. The second kappa shape index (κ2) is 4.41. The minimum atomic E-state index is -1.36. The third kappa shape index (κ3) is 2.20. The molecule has 1 aliphatic carbocycles. The first kappa shape index (κ1) is 11.4. The molecule has 0 saturated carbocycles. The highest BCUT2D eigenvalue weighted by molar-refractivity contribution is 5.94. The zero-order valence-corrected chi connectivity index (χ0v) is 9.00. The second-order valence-electron chi connectivity index (χ2n) is 4.05. The predicted molar refractivity (Wildman–Crippen MR) is 58.0 cm³/mol. The number of ketones is 1. The van der Waals surface area contributed by atoms with Crippen LogP contribution < -0.4 is 5.11 Å². The quantitative estimate of drug-likeness (QED) is 0.806. The summed E-state index contributed by atoms with van der Waals surface area (Å²) in [5.41, 5.74) is 0.717. The summed E-state index contributed by atoms with van der Waals surface area (Å²) < 4.78 is 0. The van der Waals surface area contributed by atoms with Gasteiger partial charge < -0.3 is 15.0 Å². The fraction of sp³-hybridized carbons (Fsp3) is 0.231. The van der Waals surface area contributed by atoms with Gasteiger partial charge in [0.05, 0.1) is 11.9 Å². The van der Waals surface area contributed by atoms with Crippen LogP contribution in [-0.2, 0) is 9.59 Å². The molecule has 17 heavy (non-hydrogen) atoms. The number of aliphatic hydroxyl groups is 1. The Labute approximate surface area is 98.2 Å². The Balaban J connectivity index is 2.42. The Bertz CT molecular complexity index is 475. The topological polar surface area (TPSA) is 77.4 Å². The summed E-state index contributed by atoms with van der Waals surface area (Å²) in [4.78, 5) is 22.4. The van der Waals surface area contributed by atoms with Crippen molar-refractivity contribution in [2.45, 2.75) is 12.3 Å². The van der Waals surface area contributed by atoms with Gasteiger partial charge in [-0.1, -0.05) is 30.3 Å². The van der Waals surface area contributed by atoms with Gasteiger partial charge in [-0.2, -0.15) is 0 Å². The van der Waals surface area contributed by atoms with Gasteiger partial charge in [0, 0.05) is 18.4 Å². The number of benzene rings is 1. The van der Waals surface area contributed by atoms with Crippen LogP contribution in [0.2, 0.25) is 0 Å². The molecule has 0 bridgehead atoms. The molecule has 0 saturated heterocycles. The van der Waals surface area contributed by atoms with E-state index in [2.05, 4.69) is 0 Å². The van der Waals surface area contributed by atoms with Crippen molar-refractivity contribution < 1.29 is 19.8 Å². The second-order valence-corrected chi connectivity index (χ2v) is 4.05. The number of carbonyl (C=O) groups excluding carboxylic acids is 2. The van der Waals surface area contributed by atoms with E-state index in [0.717, 1.165) is 11.6 Å². The van der Waals surface area contributed by atoms with Gasteiger partial charge in [-0.3, -0.25) is 4.79 Å². The number of hydrogen-bond donors (Lipinski definition) is 1. The summed E-state index contributed by atoms with van der Waals surface area (Å²) in [6.07, 6.45) is 1.05. The molecule has 0 unspecified atom stereocenters. The number of aliphatic carboxylic acids is 1. The van der Waals surface area contributed by atoms with E-state index in [1.165, 1.54) is 0 Å². The van der Waals surface area contributed by atoms with Crippen LogP contribution in [-0.4, -0.2) is 16.9 Å². The van der Waals surface area contributed by atoms with E-state index in [1.807, 2.05) is 0 Å². The first-order valence-electron chi connectivity index (χ1n) is 5.29. The molecule has 0 amide bonds. The average molecular weight is 231 g/mol. The maximum absolute atomic E-state index is 11.4. The number of carboxylic acids is 1. The number of hydrogen-bond acceptors (Lipinski definition) is 4. The van der Waals surface area contributed by atoms with Gasteiger partial charge in [0.2, 0.25) is 0 Å². The molecule has 0 spiro atoms. The Morgan fingerprint density at radius 3 is 2.53 bits per heavy atom. The van der Waals surface area contributed by atoms with Crippen molar-refractivity contribution >= 4 is 11.8 Å². The van der Waals surface area contributed by atoms with Crippen molar-refractivity contribution in [2.24, 2.45) is 5.92 Å². The molecule has 0 fully saturated rings. The number of rotatable bonds is 2. The van der Waals surface area contributed by atoms with Crippen molar-refractivity contribution in [3.63, 3.8) is 0 Å². The van der Waals surface area contributed by atoms with E-state index in [9.17, 15) is 19.8 Å². The Kier molecular flexibility index (Phi) is 2.95. The van der Waals surface area contributed by atoms with Crippen LogP contribution in [0.15, 0.2) is 42.2 Å². The molecule has 0 aliphatic heterocycles. The van der Waals surface area contributed by atoms with E-state index < -0.39 is 23.6 Å². The van der Waals surface area contributed by atoms with Crippen LogP contribution in [0.1, 0.15) is 17.9 Å². The molecule has 88 valence electrons. The van der Waals surface area contributed by atoms with Gasteiger partial charge in [0.15, 0.2) is 5.78 Å². The van der Waals surface area contributed by atoms with Gasteiger partial charge in [0.1, 0.15) is 5.76 Å². The minimum Gasteiger partial charge on any atom is -0.549 e. The predicted octanol–water partition coefficient (Wildman–Crippen LogP) is 0.551. The van der Waals surface area contributed by atoms with E-state index in [0.29, 0.717) is 0 Å². The normalized spacial score (nSPS) is 24.2. The van der Waals surface area contributed by atoms with Gasteiger partial charge >= 0.3 is 0 Å². The fourth-order valence-electron chi connectivity index (χ4n) is 2.15. The summed E-state index contributed by atoms with van der Waals surface area (Å²) in [5.74, 6) is -3.75. The molecule has 0 aromatic heterocycles. The standard InChI is InChI=1S/C13H12O4/c14-9-6-10(8-4-2-1-3-5-8)12(13(16)17)11(15)7-9/h1-5,7,10,12,15H,6H2,(H,16,17)/p-1/t10-,12+/m0/s1. The summed E-state index contributed by atoms with van der Waals surface area (Å²) in [6.45, 7) is 0. The first-order valence-corrected chi connectivity index (χ1v) is 5.29. The zero-order chi connectivity index (χ0) is 12.4. The van der Waals surface area contributed by atoms with Gasteiger partial charge in [-0.25, -0.2) is 0 Å². The maximum Gasteiger partial charge on any atom is 0.159 e. The zero-order valence-electron chi connectivity index (χ0n) is 9.00. The summed E-state index contributed by atoms with van der Waals surface area (Å²) in [6, 6.07) is 8.82. The highest BCUT2D eigenvalue weighted by atomic mass is 16.4. The number of carbonyl (C=O) groups is 2. The molecule has 1 N–H and O–H groups in total. The molecule has 1 aliphatic rings. The highest BCUT2D eigenvalue weighted by Crippen LogP contribution is 2.35. The van der Waals surface area contributed by atoms with E-state index in [-0.39, 0.29) is 12.2 Å². The van der Waals surface area contributed by atoms with Crippen LogP contribution >= 0.6 is 0 Å². The fourth-order valence-corrected chi connectivity index (χ4v) is 2.15.